The number of carbonyl (C=O) groups excluding carboxylic acids is 1. The summed E-state index contributed by atoms with van der Waals surface area (Å²) in [7, 11) is 0. The van der Waals surface area contributed by atoms with Crippen molar-refractivity contribution in [3.8, 4) is 11.9 Å². The van der Waals surface area contributed by atoms with Crippen LogP contribution in [-0.4, -0.2) is 22.2 Å². The van der Waals surface area contributed by atoms with E-state index >= 15 is 0 Å². The lowest BCUT2D eigenvalue weighted by Gasteiger charge is -2.30. The van der Waals surface area contributed by atoms with Crippen LogP contribution in [0.2, 0.25) is 0 Å². The van der Waals surface area contributed by atoms with E-state index in [2.05, 4.69) is 0 Å². The quantitative estimate of drug-likeness (QED) is 0.881. The van der Waals surface area contributed by atoms with Gasteiger partial charge in [0.1, 0.15) is 11.6 Å². The summed E-state index contributed by atoms with van der Waals surface area (Å²) in [6.45, 7) is 8.63. The molecule has 20 heavy (non-hydrogen) atoms. The Morgan fingerprint density at radius 2 is 2.05 bits per heavy atom. The molecule has 0 saturated heterocycles. The highest BCUT2D eigenvalue weighted by molar-refractivity contribution is 5.90. The molecule has 0 saturated carbocycles. The minimum absolute atomic E-state index is 0.00948. The molecule has 1 rings (SSSR count). The van der Waals surface area contributed by atoms with Crippen LogP contribution in [0.4, 0.5) is 0 Å². The first kappa shape index (κ1) is 15.8. The number of aryl methyl sites for hydroxylation is 1. The molecule has 0 aromatic carbocycles. The molecule has 6 nitrogen and oxygen atoms in total. The molecular formula is C14H19N3O3. The van der Waals surface area contributed by atoms with Crippen molar-refractivity contribution in [3.63, 3.8) is 0 Å². The maximum Gasteiger partial charge on any atom is 0.272 e. The summed E-state index contributed by atoms with van der Waals surface area (Å²) in [5, 5.41) is 20.3. The van der Waals surface area contributed by atoms with E-state index in [-0.39, 0.29) is 18.0 Å². The van der Waals surface area contributed by atoms with Gasteiger partial charge < -0.3 is 5.11 Å². The second kappa shape index (κ2) is 5.37. The van der Waals surface area contributed by atoms with Gasteiger partial charge in [-0.25, -0.2) is 5.01 Å². The molecule has 1 aromatic heterocycles. The van der Waals surface area contributed by atoms with Crippen LogP contribution < -0.4 is 10.6 Å². The number of nitriles is 1. The summed E-state index contributed by atoms with van der Waals surface area (Å²) in [5.41, 5.74) is -0.881. The van der Waals surface area contributed by atoms with Gasteiger partial charge in [-0.1, -0.05) is 20.8 Å². The normalized spacial score (nSPS) is 11.0. The first-order valence-electron chi connectivity index (χ1n) is 6.33. The Morgan fingerprint density at radius 1 is 1.50 bits per heavy atom. The Hall–Kier alpha value is -2.29. The maximum absolute atomic E-state index is 12.4. The van der Waals surface area contributed by atoms with Crippen LogP contribution >= 0.6 is 0 Å². The summed E-state index contributed by atoms with van der Waals surface area (Å²) in [5.74, 6) is -0.818. The van der Waals surface area contributed by atoms with Gasteiger partial charge in [0, 0.05) is 18.0 Å². The van der Waals surface area contributed by atoms with Gasteiger partial charge in [-0.05, 0) is 19.4 Å². The first-order valence-corrected chi connectivity index (χ1v) is 6.33. The molecule has 0 aliphatic carbocycles. The Bertz CT molecular complexity index is 633. The average molecular weight is 277 g/mol. The topological polar surface area (TPSA) is 86.3 Å². The zero-order valence-corrected chi connectivity index (χ0v) is 12.4. The minimum atomic E-state index is -0.709. The van der Waals surface area contributed by atoms with Gasteiger partial charge in [0.05, 0.1) is 0 Å². The molecular weight excluding hydrogens is 258 g/mol. The standard InChI is InChI=1S/C14H19N3O3/c1-6-16(13(20)14(3,4)5)17-11(18)7-9(2)10(8-15)12(17)19/h7,19H,6H2,1-5H3. The van der Waals surface area contributed by atoms with Crippen LogP contribution in [0, 0.1) is 23.7 Å². The highest BCUT2D eigenvalue weighted by Crippen LogP contribution is 2.21. The van der Waals surface area contributed by atoms with Gasteiger partial charge in [-0.15, -0.1) is 0 Å². The molecule has 0 radical (unpaired) electrons. The molecule has 0 unspecified atom stereocenters. The molecule has 0 bridgehead atoms. The second-order valence-electron chi connectivity index (χ2n) is 5.56. The predicted octanol–water partition coefficient (Wildman–Crippen LogP) is 1.26. The predicted molar refractivity (Wildman–Crippen MR) is 75.0 cm³/mol. The fraction of sp³-hybridized carbons (Fsp3) is 0.500. The van der Waals surface area contributed by atoms with Crippen LogP contribution in [0.25, 0.3) is 0 Å². The number of pyridine rings is 1. The third-order valence-corrected chi connectivity index (χ3v) is 2.90. The zero-order chi connectivity index (χ0) is 15.7. The van der Waals surface area contributed by atoms with Crippen LogP contribution in [0.3, 0.4) is 0 Å². The molecule has 1 N–H and O–H groups in total. The molecule has 0 atom stereocenters. The molecule has 0 aliphatic rings. The molecule has 0 fully saturated rings. The number of amides is 1. The molecule has 1 heterocycles. The number of aromatic hydroxyl groups is 1. The molecule has 0 spiro atoms. The van der Waals surface area contributed by atoms with Crippen molar-refractivity contribution in [1.82, 2.24) is 4.68 Å². The van der Waals surface area contributed by atoms with Gasteiger partial charge in [-0.3, -0.25) is 9.59 Å². The van der Waals surface area contributed by atoms with E-state index in [1.165, 1.54) is 6.07 Å². The molecule has 108 valence electrons. The Labute approximate surface area is 117 Å². The highest BCUT2D eigenvalue weighted by atomic mass is 16.3. The van der Waals surface area contributed by atoms with Gasteiger partial charge >= 0.3 is 0 Å². The summed E-state index contributed by atoms with van der Waals surface area (Å²) in [4.78, 5) is 24.4. The molecule has 6 heteroatoms. The van der Waals surface area contributed by atoms with E-state index in [0.717, 1.165) is 9.69 Å². The fourth-order valence-electron chi connectivity index (χ4n) is 1.84. The summed E-state index contributed by atoms with van der Waals surface area (Å²) >= 11 is 0. The van der Waals surface area contributed by atoms with Crippen LogP contribution in [0.1, 0.15) is 38.8 Å². The van der Waals surface area contributed by atoms with Crippen LogP contribution in [0.5, 0.6) is 5.88 Å². The van der Waals surface area contributed by atoms with E-state index in [1.54, 1.807) is 34.6 Å². The average Bonchev–Trinajstić information content (AvgIpc) is 2.32. The lowest BCUT2D eigenvalue weighted by atomic mass is 9.95. The fourth-order valence-corrected chi connectivity index (χ4v) is 1.84. The van der Waals surface area contributed by atoms with Crippen molar-refractivity contribution in [3.05, 3.63) is 27.5 Å². The van der Waals surface area contributed by atoms with E-state index < -0.39 is 16.9 Å². The number of carbonyl (C=O) groups is 1. The Balaban J connectivity index is 3.57. The zero-order valence-electron chi connectivity index (χ0n) is 12.4. The number of hydrogen-bond acceptors (Lipinski definition) is 4. The van der Waals surface area contributed by atoms with Crippen molar-refractivity contribution in [2.75, 3.05) is 11.6 Å². The van der Waals surface area contributed by atoms with Crippen molar-refractivity contribution in [2.24, 2.45) is 5.41 Å². The summed E-state index contributed by atoms with van der Waals surface area (Å²) in [6.07, 6.45) is 0. The summed E-state index contributed by atoms with van der Waals surface area (Å²) < 4.78 is 0.860. The largest absolute Gasteiger partial charge is 0.492 e. The molecule has 0 aliphatic heterocycles. The maximum atomic E-state index is 12.4. The molecule has 1 aromatic rings. The smallest absolute Gasteiger partial charge is 0.272 e. The molecule has 1 amide bonds. The summed E-state index contributed by atoms with van der Waals surface area (Å²) in [6, 6.07) is 3.07. The van der Waals surface area contributed by atoms with Crippen LogP contribution in [-0.2, 0) is 4.79 Å². The number of nitrogens with zero attached hydrogens (tertiary/aromatic N) is 3. The second-order valence-corrected chi connectivity index (χ2v) is 5.56. The SMILES string of the molecule is CCN(C(=O)C(C)(C)C)n1c(O)c(C#N)c(C)cc1=O. The van der Waals surface area contributed by atoms with E-state index in [0.29, 0.717) is 5.56 Å². The van der Waals surface area contributed by atoms with Gasteiger partial charge in [0.25, 0.3) is 5.56 Å². The van der Waals surface area contributed by atoms with E-state index in [1.807, 2.05) is 6.07 Å². The Morgan fingerprint density at radius 3 is 2.45 bits per heavy atom. The first-order chi connectivity index (χ1) is 9.15. The third kappa shape index (κ3) is 2.67. The van der Waals surface area contributed by atoms with E-state index in [4.69, 9.17) is 5.26 Å². The highest BCUT2D eigenvalue weighted by Gasteiger charge is 2.30. The van der Waals surface area contributed by atoms with Gasteiger partial charge in [-0.2, -0.15) is 9.94 Å². The number of aromatic nitrogens is 1. The lowest BCUT2D eigenvalue weighted by molar-refractivity contribution is -0.127. The monoisotopic (exact) mass is 277 g/mol. The van der Waals surface area contributed by atoms with E-state index in [9.17, 15) is 14.7 Å². The van der Waals surface area contributed by atoms with Gasteiger partial charge in [0.15, 0.2) is 0 Å². The van der Waals surface area contributed by atoms with Gasteiger partial charge in [0.2, 0.25) is 11.8 Å². The van der Waals surface area contributed by atoms with Crippen molar-refractivity contribution in [1.29, 1.82) is 5.26 Å². The third-order valence-electron chi connectivity index (χ3n) is 2.90. The Kier molecular flexibility index (Phi) is 4.23. The van der Waals surface area contributed by atoms with Crippen molar-refractivity contribution >= 4 is 5.91 Å². The minimum Gasteiger partial charge on any atom is -0.492 e. The lowest BCUT2D eigenvalue weighted by Crippen LogP contribution is -2.50. The van der Waals surface area contributed by atoms with Crippen molar-refractivity contribution in [2.45, 2.75) is 34.6 Å². The van der Waals surface area contributed by atoms with Crippen molar-refractivity contribution < 1.29 is 9.90 Å². The number of hydrogen-bond donors (Lipinski definition) is 1. The number of rotatable bonds is 2. The van der Waals surface area contributed by atoms with Crippen LogP contribution in [0.15, 0.2) is 10.9 Å².